The molecule has 0 radical (unpaired) electrons. The number of unbranched alkanes of at least 4 members (excludes halogenated alkanes) is 1. The zero-order valence-electron chi connectivity index (χ0n) is 11.0. The number of rotatable bonds is 6. The number of hydrogen-bond acceptors (Lipinski definition) is 4. The standard InChI is InChI=1S/C14H19NO3S/c1-2-3-8-18-11-6-4-10(5-7-11)13-15-12(9-19-13)14(16)17/h4-7,12-13,15H,2-3,8-9H2,1H3,(H,16,17)/t12-,13-/m1/s1. The minimum atomic E-state index is -0.977. The first-order valence-corrected chi connectivity index (χ1v) is 7.65. The summed E-state index contributed by atoms with van der Waals surface area (Å²) in [5, 5.41) is 12.8. The first-order chi connectivity index (χ1) is 9.20. The van der Waals surface area contributed by atoms with Gasteiger partial charge >= 0.3 is 0 Å². The Kier molecular flexibility index (Phi) is 5.10. The Morgan fingerprint density at radius 1 is 1.47 bits per heavy atom. The van der Waals surface area contributed by atoms with Crippen molar-refractivity contribution in [3.63, 3.8) is 0 Å². The second-order valence-corrected chi connectivity index (χ2v) is 5.82. The Balaban J connectivity index is 1.90. The van der Waals surface area contributed by atoms with Gasteiger partial charge < -0.3 is 20.0 Å². The van der Waals surface area contributed by atoms with E-state index in [-0.39, 0.29) is 5.37 Å². The highest BCUT2D eigenvalue weighted by atomic mass is 32.2. The van der Waals surface area contributed by atoms with Crippen LogP contribution in [-0.4, -0.2) is 24.4 Å². The number of quaternary nitrogens is 1. The number of nitrogens with two attached hydrogens (primary N) is 1. The lowest BCUT2D eigenvalue weighted by molar-refractivity contribution is -0.690. The van der Waals surface area contributed by atoms with Crippen molar-refractivity contribution in [2.45, 2.75) is 31.2 Å². The summed E-state index contributed by atoms with van der Waals surface area (Å²) >= 11 is 1.64. The van der Waals surface area contributed by atoms with E-state index in [1.54, 1.807) is 11.8 Å². The average molecular weight is 281 g/mol. The third-order valence-electron chi connectivity index (χ3n) is 3.14. The maximum atomic E-state index is 10.8. The Labute approximate surface area is 117 Å². The zero-order chi connectivity index (χ0) is 13.7. The van der Waals surface area contributed by atoms with Crippen molar-refractivity contribution in [3.05, 3.63) is 29.8 Å². The maximum Gasteiger partial charge on any atom is 0.159 e. The van der Waals surface area contributed by atoms with Gasteiger partial charge in [-0.1, -0.05) is 25.1 Å². The number of hydrogen-bond donors (Lipinski definition) is 1. The van der Waals surface area contributed by atoms with Crippen molar-refractivity contribution in [1.29, 1.82) is 0 Å². The van der Waals surface area contributed by atoms with Crippen LogP contribution >= 0.6 is 11.8 Å². The fourth-order valence-electron chi connectivity index (χ4n) is 1.97. The molecule has 2 rings (SSSR count). The minimum Gasteiger partial charge on any atom is -0.544 e. The quantitative estimate of drug-likeness (QED) is 0.761. The normalized spacial score (nSPS) is 22.4. The molecule has 1 fully saturated rings. The van der Waals surface area contributed by atoms with Crippen molar-refractivity contribution in [2.24, 2.45) is 0 Å². The van der Waals surface area contributed by atoms with Gasteiger partial charge in [-0.3, -0.25) is 0 Å². The van der Waals surface area contributed by atoms with Crippen LogP contribution in [0.1, 0.15) is 30.7 Å². The summed E-state index contributed by atoms with van der Waals surface area (Å²) in [5.41, 5.74) is 1.12. The molecule has 1 aromatic rings. The Morgan fingerprint density at radius 2 is 2.21 bits per heavy atom. The smallest absolute Gasteiger partial charge is 0.159 e. The van der Waals surface area contributed by atoms with Crippen LogP contribution in [0, 0.1) is 0 Å². The van der Waals surface area contributed by atoms with E-state index in [4.69, 9.17) is 4.74 Å². The molecule has 0 spiro atoms. The number of thioether (sulfide) groups is 1. The van der Waals surface area contributed by atoms with E-state index in [9.17, 15) is 9.90 Å². The van der Waals surface area contributed by atoms with Crippen LogP contribution in [0.2, 0.25) is 0 Å². The molecule has 1 saturated heterocycles. The van der Waals surface area contributed by atoms with Crippen molar-refractivity contribution >= 4 is 17.7 Å². The van der Waals surface area contributed by atoms with Gasteiger partial charge in [0, 0.05) is 5.56 Å². The highest BCUT2D eigenvalue weighted by molar-refractivity contribution is 7.99. The number of carboxylic acids is 1. The predicted molar refractivity (Wildman–Crippen MR) is 72.8 cm³/mol. The molecule has 4 nitrogen and oxygen atoms in total. The Morgan fingerprint density at radius 3 is 2.79 bits per heavy atom. The van der Waals surface area contributed by atoms with E-state index in [1.807, 2.05) is 29.6 Å². The molecule has 5 heteroatoms. The summed E-state index contributed by atoms with van der Waals surface area (Å²) in [6.07, 6.45) is 2.18. The fourth-order valence-corrected chi connectivity index (χ4v) is 3.28. The fraction of sp³-hybridized carbons (Fsp3) is 0.500. The lowest BCUT2D eigenvalue weighted by Crippen LogP contribution is -2.90. The molecule has 0 bridgehead atoms. The second kappa shape index (κ2) is 6.82. The molecular weight excluding hydrogens is 262 g/mol. The third-order valence-corrected chi connectivity index (χ3v) is 4.48. The SMILES string of the molecule is CCCCOc1ccc([C@@H]2[NH2+][C@@H](C(=O)[O-])CS2)cc1. The summed E-state index contributed by atoms with van der Waals surface area (Å²) in [6, 6.07) is 7.48. The van der Waals surface area contributed by atoms with Gasteiger partial charge in [0.25, 0.3) is 0 Å². The van der Waals surface area contributed by atoms with Crippen LogP contribution in [0.5, 0.6) is 5.75 Å². The van der Waals surface area contributed by atoms with E-state index in [0.29, 0.717) is 5.75 Å². The van der Waals surface area contributed by atoms with Crippen molar-refractivity contribution in [1.82, 2.24) is 0 Å². The summed E-state index contributed by atoms with van der Waals surface area (Å²) in [4.78, 5) is 10.8. The summed E-state index contributed by atoms with van der Waals surface area (Å²) in [5.74, 6) is 0.494. The van der Waals surface area contributed by atoms with Gasteiger partial charge in [0.2, 0.25) is 0 Å². The van der Waals surface area contributed by atoms with E-state index < -0.39 is 12.0 Å². The minimum absolute atomic E-state index is 0.146. The molecular formula is C14H19NO3S. The molecule has 2 N–H and O–H groups in total. The molecule has 1 aliphatic heterocycles. The van der Waals surface area contributed by atoms with E-state index in [2.05, 4.69) is 6.92 Å². The average Bonchev–Trinajstić information content (AvgIpc) is 2.90. The first kappa shape index (κ1) is 14.2. The molecule has 1 aliphatic rings. The number of carbonyl (C=O) groups excluding carboxylic acids is 1. The molecule has 0 saturated carbocycles. The van der Waals surface area contributed by atoms with Gasteiger partial charge in [-0.25, -0.2) is 0 Å². The molecule has 19 heavy (non-hydrogen) atoms. The topological polar surface area (TPSA) is 66.0 Å². The summed E-state index contributed by atoms with van der Waals surface area (Å²) in [6.45, 7) is 2.88. The molecule has 0 unspecified atom stereocenters. The molecule has 1 aromatic carbocycles. The van der Waals surface area contributed by atoms with Crippen LogP contribution in [0.3, 0.4) is 0 Å². The van der Waals surface area contributed by atoms with Crippen molar-refractivity contribution in [2.75, 3.05) is 12.4 Å². The van der Waals surface area contributed by atoms with Gasteiger partial charge in [-0.05, 0) is 30.7 Å². The van der Waals surface area contributed by atoms with Crippen molar-refractivity contribution in [3.8, 4) is 5.75 Å². The highest BCUT2D eigenvalue weighted by Gasteiger charge is 2.30. The number of ether oxygens (including phenoxy) is 1. The summed E-state index contributed by atoms with van der Waals surface area (Å²) < 4.78 is 5.60. The van der Waals surface area contributed by atoms with Gasteiger partial charge in [0.15, 0.2) is 5.37 Å². The van der Waals surface area contributed by atoms with Gasteiger partial charge in [-0.2, -0.15) is 0 Å². The lowest BCUT2D eigenvalue weighted by Gasteiger charge is -2.11. The largest absolute Gasteiger partial charge is 0.544 e. The number of carbonyl (C=O) groups is 1. The Hall–Kier alpha value is -1.20. The number of carboxylic acid groups (broad SMARTS) is 1. The van der Waals surface area contributed by atoms with Crippen LogP contribution < -0.4 is 15.2 Å². The monoisotopic (exact) mass is 281 g/mol. The third kappa shape index (κ3) is 3.88. The summed E-state index contributed by atoms with van der Waals surface area (Å²) in [7, 11) is 0. The molecule has 0 aromatic heterocycles. The molecule has 2 atom stereocenters. The van der Waals surface area contributed by atoms with E-state index in [0.717, 1.165) is 30.8 Å². The van der Waals surface area contributed by atoms with Crippen LogP contribution in [0.15, 0.2) is 24.3 Å². The molecule has 0 aliphatic carbocycles. The molecule has 104 valence electrons. The van der Waals surface area contributed by atoms with Crippen LogP contribution in [0.4, 0.5) is 0 Å². The van der Waals surface area contributed by atoms with Crippen LogP contribution in [0.25, 0.3) is 0 Å². The van der Waals surface area contributed by atoms with Crippen molar-refractivity contribution < 1.29 is 20.0 Å². The predicted octanol–water partition coefficient (Wildman–Crippen LogP) is 0.293. The van der Waals surface area contributed by atoms with Gasteiger partial charge in [-0.15, -0.1) is 0 Å². The van der Waals surface area contributed by atoms with Crippen LogP contribution in [-0.2, 0) is 4.79 Å². The highest BCUT2D eigenvalue weighted by Crippen LogP contribution is 2.28. The molecule has 1 heterocycles. The number of benzene rings is 1. The first-order valence-electron chi connectivity index (χ1n) is 6.61. The van der Waals surface area contributed by atoms with E-state index in [1.165, 1.54) is 0 Å². The van der Waals surface area contributed by atoms with E-state index >= 15 is 0 Å². The van der Waals surface area contributed by atoms with Gasteiger partial charge in [0.1, 0.15) is 17.8 Å². The second-order valence-electron chi connectivity index (χ2n) is 4.64. The number of aliphatic carboxylic acids is 1. The molecule has 0 amide bonds. The Bertz CT molecular complexity index is 421. The maximum absolute atomic E-state index is 10.8. The van der Waals surface area contributed by atoms with Gasteiger partial charge in [0.05, 0.1) is 12.4 Å². The lowest BCUT2D eigenvalue weighted by atomic mass is 10.2. The zero-order valence-corrected chi connectivity index (χ0v) is 11.8.